The molecule has 48 heavy (non-hydrogen) atoms. The SMILES string of the molecule is CC1C=c2c(oc3cc(-c4cccc5ccccc45)ccc23)=CC1c1c2ccccc2c(-c2ccc(C(C)(C)C)cc2)c2ccccc12. The smallest absolute Gasteiger partial charge is 0.136 e. The largest absolute Gasteiger partial charge is 0.456 e. The van der Waals surface area contributed by atoms with E-state index in [2.05, 4.69) is 173 Å². The van der Waals surface area contributed by atoms with Crippen LogP contribution >= 0.6 is 0 Å². The molecule has 0 amide bonds. The molecule has 0 bridgehead atoms. The van der Waals surface area contributed by atoms with Crippen molar-refractivity contribution in [3.63, 3.8) is 0 Å². The Labute approximate surface area is 281 Å². The predicted octanol–water partition coefficient (Wildman–Crippen LogP) is 11.5. The van der Waals surface area contributed by atoms with Crippen LogP contribution in [0, 0.1) is 5.92 Å². The van der Waals surface area contributed by atoms with Crippen molar-refractivity contribution >= 4 is 55.4 Å². The number of furan rings is 1. The van der Waals surface area contributed by atoms with Crippen LogP contribution < -0.4 is 10.6 Å². The number of hydrogen-bond donors (Lipinski definition) is 0. The zero-order valence-corrected chi connectivity index (χ0v) is 27.9. The van der Waals surface area contributed by atoms with Crippen molar-refractivity contribution in [2.24, 2.45) is 5.92 Å². The van der Waals surface area contributed by atoms with Crippen molar-refractivity contribution in [2.75, 3.05) is 0 Å². The van der Waals surface area contributed by atoms with Crippen LogP contribution in [0.4, 0.5) is 0 Å². The molecule has 0 aliphatic heterocycles. The molecule has 9 rings (SSSR count). The topological polar surface area (TPSA) is 13.1 Å². The van der Waals surface area contributed by atoms with E-state index < -0.39 is 0 Å². The lowest BCUT2D eigenvalue weighted by Gasteiger charge is -2.26. The molecule has 1 nitrogen and oxygen atoms in total. The van der Waals surface area contributed by atoms with Crippen molar-refractivity contribution in [3.05, 3.63) is 155 Å². The van der Waals surface area contributed by atoms with E-state index in [1.54, 1.807) is 0 Å². The summed E-state index contributed by atoms with van der Waals surface area (Å²) in [6, 6.07) is 49.0. The lowest BCUT2D eigenvalue weighted by molar-refractivity contribution is 0.561. The highest BCUT2D eigenvalue weighted by Crippen LogP contribution is 2.45. The molecule has 0 fully saturated rings. The van der Waals surface area contributed by atoms with E-state index in [-0.39, 0.29) is 11.3 Å². The standard InChI is InChI=1S/C47H38O/c1-29-26-42-36-25-22-32(35-19-11-13-30-12-5-6-14-34(30)35)27-43(36)48-44(42)28-41(29)46-39-17-9-7-15-37(39)45(38-16-8-10-18-40(38)46)31-20-23-33(24-21-31)47(2,3)4/h5-29,41H,1-4H3. The van der Waals surface area contributed by atoms with Crippen LogP contribution in [-0.4, -0.2) is 0 Å². The van der Waals surface area contributed by atoms with E-state index >= 15 is 0 Å². The Morgan fingerprint density at radius 2 is 1.15 bits per heavy atom. The van der Waals surface area contributed by atoms with E-state index in [0.29, 0.717) is 5.92 Å². The van der Waals surface area contributed by atoms with Crippen LogP contribution in [-0.2, 0) is 5.41 Å². The molecule has 2 atom stereocenters. The molecule has 1 heteroatoms. The van der Waals surface area contributed by atoms with Gasteiger partial charge in [0.05, 0.1) is 0 Å². The highest BCUT2D eigenvalue weighted by molar-refractivity contribution is 6.15. The molecule has 8 aromatic rings. The van der Waals surface area contributed by atoms with Gasteiger partial charge in [-0.3, -0.25) is 0 Å². The first kappa shape index (κ1) is 28.8. The summed E-state index contributed by atoms with van der Waals surface area (Å²) in [4.78, 5) is 0. The summed E-state index contributed by atoms with van der Waals surface area (Å²) < 4.78 is 6.73. The van der Waals surface area contributed by atoms with Crippen LogP contribution in [0.3, 0.4) is 0 Å². The van der Waals surface area contributed by atoms with Gasteiger partial charge in [-0.25, -0.2) is 0 Å². The fourth-order valence-electron chi connectivity index (χ4n) is 8.07. The third kappa shape index (κ3) is 4.53. The molecule has 0 saturated carbocycles. The predicted molar refractivity (Wildman–Crippen MR) is 205 cm³/mol. The first-order chi connectivity index (χ1) is 23.3. The van der Waals surface area contributed by atoms with Crippen LogP contribution in [0.15, 0.2) is 138 Å². The molecule has 1 aromatic heterocycles. The van der Waals surface area contributed by atoms with Gasteiger partial charge < -0.3 is 4.42 Å². The monoisotopic (exact) mass is 618 g/mol. The maximum atomic E-state index is 6.73. The van der Waals surface area contributed by atoms with Gasteiger partial charge in [0.15, 0.2) is 0 Å². The zero-order valence-electron chi connectivity index (χ0n) is 27.9. The second-order valence-electron chi connectivity index (χ2n) is 14.5. The molecule has 2 unspecified atom stereocenters. The molecule has 0 N–H and O–H groups in total. The van der Waals surface area contributed by atoms with Gasteiger partial charge in [0.25, 0.3) is 0 Å². The molecule has 1 aliphatic rings. The van der Waals surface area contributed by atoms with E-state index in [0.717, 1.165) is 11.0 Å². The molecule has 0 spiro atoms. The Morgan fingerprint density at radius 1 is 0.542 bits per heavy atom. The summed E-state index contributed by atoms with van der Waals surface area (Å²) in [6.07, 6.45) is 4.83. The zero-order chi connectivity index (χ0) is 32.6. The summed E-state index contributed by atoms with van der Waals surface area (Å²) in [5.41, 5.74) is 9.73. The van der Waals surface area contributed by atoms with Gasteiger partial charge in [0.1, 0.15) is 11.0 Å². The Hall–Kier alpha value is -5.40. The quantitative estimate of drug-likeness (QED) is 0.180. The third-order valence-corrected chi connectivity index (χ3v) is 10.5. The van der Waals surface area contributed by atoms with Gasteiger partial charge in [-0.1, -0.05) is 155 Å². The van der Waals surface area contributed by atoms with Crippen LogP contribution in [0.25, 0.3) is 77.7 Å². The van der Waals surface area contributed by atoms with E-state index in [9.17, 15) is 0 Å². The van der Waals surface area contributed by atoms with Crippen molar-refractivity contribution in [1.82, 2.24) is 0 Å². The van der Waals surface area contributed by atoms with E-state index in [1.807, 2.05) is 0 Å². The Balaban J connectivity index is 1.23. The minimum absolute atomic E-state index is 0.114. The highest BCUT2D eigenvalue weighted by Gasteiger charge is 2.26. The van der Waals surface area contributed by atoms with Gasteiger partial charge in [0, 0.05) is 16.5 Å². The molecule has 1 aliphatic carbocycles. The van der Waals surface area contributed by atoms with Crippen LogP contribution in [0.1, 0.15) is 44.7 Å². The van der Waals surface area contributed by atoms with Crippen LogP contribution in [0.2, 0.25) is 0 Å². The summed E-state index contributed by atoms with van der Waals surface area (Å²) in [5, 5.41) is 10.1. The third-order valence-electron chi connectivity index (χ3n) is 10.5. The second kappa shape index (κ2) is 10.8. The summed E-state index contributed by atoms with van der Waals surface area (Å²) >= 11 is 0. The lowest BCUT2D eigenvalue weighted by atomic mass is 9.77. The maximum absolute atomic E-state index is 6.73. The number of rotatable bonds is 3. The normalized spacial score (nSPS) is 16.2. The number of hydrogen-bond acceptors (Lipinski definition) is 1. The fraction of sp³-hybridized carbons (Fsp3) is 0.149. The Morgan fingerprint density at radius 3 is 1.83 bits per heavy atom. The highest BCUT2D eigenvalue weighted by atomic mass is 16.3. The van der Waals surface area contributed by atoms with E-state index in [4.69, 9.17) is 4.42 Å². The summed E-state index contributed by atoms with van der Waals surface area (Å²) in [5.74, 6) is 0.461. The van der Waals surface area contributed by atoms with Gasteiger partial charge in [0.2, 0.25) is 0 Å². The molecule has 0 radical (unpaired) electrons. The second-order valence-corrected chi connectivity index (χ2v) is 14.5. The Bertz CT molecular complexity index is 2600. The first-order valence-electron chi connectivity index (χ1n) is 17.1. The maximum Gasteiger partial charge on any atom is 0.136 e. The molecule has 232 valence electrons. The van der Waals surface area contributed by atoms with Crippen LogP contribution in [0.5, 0.6) is 0 Å². The summed E-state index contributed by atoms with van der Waals surface area (Å²) in [7, 11) is 0. The van der Waals surface area contributed by atoms with Crippen molar-refractivity contribution in [1.29, 1.82) is 0 Å². The molecule has 7 aromatic carbocycles. The lowest BCUT2D eigenvalue weighted by Crippen LogP contribution is -2.28. The molecular formula is C47H38O. The first-order valence-corrected chi connectivity index (χ1v) is 17.1. The van der Waals surface area contributed by atoms with Gasteiger partial charge in [-0.2, -0.15) is 0 Å². The molecule has 0 saturated heterocycles. The summed E-state index contributed by atoms with van der Waals surface area (Å²) in [6.45, 7) is 9.18. The van der Waals surface area contributed by atoms with E-state index in [1.165, 1.54) is 76.3 Å². The van der Waals surface area contributed by atoms with Gasteiger partial charge in [-0.05, 0) is 95.2 Å². The minimum Gasteiger partial charge on any atom is -0.456 e. The average Bonchev–Trinajstić information content (AvgIpc) is 3.46. The van der Waals surface area contributed by atoms with Gasteiger partial charge >= 0.3 is 0 Å². The number of benzene rings is 7. The molecule has 1 heterocycles. The average molecular weight is 619 g/mol. The molecular weight excluding hydrogens is 581 g/mol. The van der Waals surface area contributed by atoms with Gasteiger partial charge in [-0.15, -0.1) is 0 Å². The van der Waals surface area contributed by atoms with Crippen molar-refractivity contribution in [3.8, 4) is 22.3 Å². The van der Waals surface area contributed by atoms with Crippen molar-refractivity contribution in [2.45, 2.75) is 39.0 Å². The fourth-order valence-corrected chi connectivity index (χ4v) is 8.07. The Kier molecular flexibility index (Phi) is 6.49. The number of fused-ring (bicyclic) bond motifs is 6. The minimum atomic E-state index is 0.114. The van der Waals surface area contributed by atoms with Crippen molar-refractivity contribution < 1.29 is 4.42 Å².